The highest BCUT2D eigenvalue weighted by atomic mass is 14.6. The molecule has 2 rings (SSSR count). The minimum atomic E-state index is 0.616. The van der Waals surface area contributed by atoms with E-state index in [-0.39, 0.29) is 0 Å². The van der Waals surface area contributed by atoms with Gasteiger partial charge >= 0.3 is 0 Å². The van der Waals surface area contributed by atoms with E-state index in [1.165, 1.54) is 25.7 Å². The van der Waals surface area contributed by atoms with Gasteiger partial charge in [-0.25, -0.2) is 0 Å². The van der Waals surface area contributed by atoms with Crippen molar-refractivity contribution in [3.63, 3.8) is 0 Å². The first-order valence-corrected chi connectivity index (χ1v) is 8.81. The molecule has 0 spiro atoms. The van der Waals surface area contributed by atoms with Gasteiger partial charge in [0.2, 0.25) is 0 Å². The molecule has 0 heteroatoms. The first kappa shape index (κ1) is 15.4. The summed E-state index contributed by atoms with van der Waals surface area (Å²) < 4.78 is 0. The van der Waals surface area contributed by atoms with Gasteiger partial charge in [-0.2, -0.15) is 0 Å². The van der Waals surface area contributed by atoms with Crippen LogP contribution in [0.4, 0.5) is 0 Å². The van der Waals surface area contributed by atoms with E-state index in [1.54, 1.807) is 0 Å². The summed E-state index contributed by atoms with van der Waals surface area (Å²) in [4.78, 5) is 0. The highest BCUT2D eigenvalue weighted by Gasteiger charge is 2.57. The Morgan fingerprint density at radius 2 is 1.74 bits per heavy atom. The van der Waals surface area contributed by atoms with Gasteiger partial charge in [-0.1, -0.05) is 61.3 Å². The molecule has 0 aromatic heterocycles. The monoisotopic (exact) mass is 264 g/mol. The highest BCUT2D eigenvalue weighted by molar-refractivity contribution is 5.05. The summed E-state index contributed by atoms with van der Waals surface area (Å²) in [5.74, 6) is 6.89. The van der Waals surface area contributed by atoms with Crippen LogP contribution in [-0.4, -0.2) is 0 Å². The second-order valence-corrected chi connectivity index (χ2v) is 8.64. The number of hydrogen-bond acceptors (Lipinski definition) is 0. The molecule has 2 saturated carbocycles. The Bertz CT molecular complexity index is 305. The normalized spacial score (nSPS) is 47.7. The second-order valence-electron chi connectivity index (χ2n) is 8.64. The topological polar surface area (TPSA) is 0 Å². The van der Waals surface area contributed by atoms with E-state index in [1.807, 2.05) is 0 Å². The van der Waals surface area contributed by atoms with Gasteiger partial charge in [0.25, 0.3) is 0 Å². The lowest BCUT2D eigenvalue weighted by molar-refractivity contribution is 0.210. The summed E-state index contributed by atoms with van der Waals surface area (Å²) in [7, 11) is 0. The van der Waals surface area contributed by atoms with Crippen LogP contribution < -0.4 is 0 Å². The molecule has 7 atom stereocenters. The lowest BCUT2D eigenvalue weighted by atomic mass is 9.76. The smallest absolute Gasteiger partial charge is 0.0297 e. The fraction of sp³-hybridized carbons (Fsp3) is 1.00. The van der Waals surface area contributed by atoms with Gasteiger partial charge in [-0.3, -0.25) is 0 Å². The van der Waals surface area contributed by atoms with Gasteiger partial charge in [0.1, 0.15) is 0 Å². The van der Waals surface area contributed by atoms with Crippen LogP contribution in [0.5, 0.6) is 0 Å². The van der Waals surface area contributed by atoms with E-state index >= 15 is 0 Å². The molecule has 19 heavy (non-hydrogen) atoms. The van der Waals surface area contributed by atoms with Crippen LogP contribution in [0, 0.1) is 46.8 Å². The fourth-order valence-corrected chi connectivity index (χ4v) is 5.44. The summed E-state index contributed by atoms with van der Waals surface area (Å²) in [6.45, 7) is 17.3. The molecule has 112 valence electrons. The maximum absolute atomic E-state index is 2.55. The Kier molecular flexibility index (Phi) is 4.38. The Morgan fingerprint density at radius 3 is 2.21 bits per heavy atom. The molecular weight excluding hydrogens is 228 g/mol. The van der Waals surface area contributed by atoms with Crippen molar-refractivity contribution < 1.29 is 0 Å². The van der Waals surface area contributed by atoms with Crippen LogP contribution in [0.1, 0.15) is 74.1 Å². The van der Waals surface area contributed by atoms with Gasteiger partial charge in [0.15, 0.2) is 0 Å². The van der Waals surface area contributed by atoms with Crippen molar-refractivity contribution in [3.8, 4) is 0 Å². The van der Waals surface area contributed by atoms with Crippen LogP contribution in [-0.2, 0) is 0 Å². The number of hydrogen-bond donors (Lipinski definition) is 0. The Hall–Kier alpha value is 0. The van der Waals surface area contributed by atoms with Gasteiger partial charge < -0.3 is 0 Å². The molecule has 0 bridgehead atoms. The van der Waals surface area contributed by atoms with E-state index in [9.17, 15) is 0 Å². The highest BCUT2D eigenvalue weighted by Crippen LogP contribution is 2.64. The molecule has 7 unspecified atom stereocenters. The molecule has 0 aromatic rings. The van der Waals surface area contributed by atoms with Crippen LogP contribution in [0.15, 0.2) is 0 Å². The van der Waals surface area contributed by atoms with Crippen molar-refractivity contribution >= 4 is 0 Å². The predicted octanol–water partition coefficient (Wildman–Crippen LogP) is 6.01. The van der Waals surface area contributed by atoms with E-state index < -0.39 is 0 Å². The summed E-state index contributed by atoms with van der Waals surface area (Å²) in [5.41, 5.74) is 0.616. The lowest BCUT2D eigenvalue weighted by Gasteiger charge is -2.29. The van der Waals surface area contributed by atoms with Gasteiger partial charge in [-0.15, -0.1) is 0 Å². The molecule has 0 amide bonds. The molecule has 0 nitrogen and oxygen atoms in total. The molecule has 0 aliphatic heterocycles. The van der Waals surface area contributed by atoms with Gasteiger partial charge in [-0.05, 0) is 59.7 Å². The largest absolute Gasteiger partial charge is 0.0654 e. The zero-order chi connectivity index (χ0) is 14.4. The Balaban J connectivity index is 2.01. The van der Waals surface area contributed by atoms with Crippen molar-refractivity contribution in [3.05, 3.63) is 0 Å². The van der Waals surface area contributed by atoms with E-state index in [0.717, 1.165) is 41.4 Å². The first-order valence-electron chi connectivity index (χ1n) is 8.81. The van der Waals surface area contributed by atoms with Crippen molar-refractivity contribution in [2.45, 2.75) is 74.1 Å². The maximum Gasteiger partial charge on any atom is -0.0297 e. The maximum atomic E-state index is 2.55. The quantitative estimate of drug-likeness (QED) is 0.570. The Labute approximate surface area is 121 Å². The third kappa shape index (κ3) is 2.74. The van der Waals surface area contributed by atoms with Crippen LogP contribution in [0.25, 0.3) is 0 Å². The van der Waals surface area contributed by atoms with E-state index in [2.05, 4.69) is 48.5 Å². The summed E-state index contributed by atoms with van der Waals surface area (Å²) in [6, 6.07) is 0. The summed E-state index contributed by atoms with van der Waals surface area (Å²) in [5, 5.41) is 0. The Morgan fingerprint density at radius 1 is 1.11 bits per heavy atom. The van der Waals surface area contributed by atoms with Crippen molar-refractivity contribution in [1.82, 2.24) is 0 Å². The summed E-state index contributed by atoms with van der Waals surface area (Å²) >= 11 is 0. The lowest BCUT2D eigenvalue weighted by Crippen LogP contribution is -2.20. The zero-order valence-electron chi connectivity index (χ0n) is 14.4. The minimum Gasteiger partial charge on any atom is -0.0654 e. The second kappa shape index (κ2) is 5.41. The van der Waals surface area contributed by atoms with Crippen molar-refractivity contribution in [1.29, 1.82) is 0 Å². The fourth-order valence-electron chi connectivity index (χ4n) is 5.44. The number of rotatable bonds is 5. The van der Waals surface area contributed by atoms with Crippen LogP contribution in [0.3, 0.4) is 0 Å². The minimum absolute atomic E-state index is 0.616. The molecule has 2 fully saturated rings. The zero-order valence-corrected chi connectivity index (χ0v) is 14.4. The molecule has 0 N–H and O–H groups in total. The van der Waals surface area contributed by atoms with Crippen LogP contribution in [0.2, 0.25) is 0 Å². The molecule has 2 aliphatic carbocycles. The third-order valence-corrected chi connectivity index (χ3v) is 7.03. The molecule has 0 heterocycles. The molecule has 0 aromatic carbocycles. The molecular formula is C19H36. The third-order valence-electron chi connectivity index (χ3n) is 7.03. The van der Waals surface area contributed by atoms with Crippen molar-refractivity contribution in [2.75, 3.05) is 0 Å². The SMILES string of the molecule is CCCC(C)C1C(C)C1C1CC(C)(C(C)C)CC1C. The van der Waals surface area contributed by atoms with Crippen molar-refractivity contribution in [2.24, 2.45) is 46.8 Å². The first-order chi connectivity index (χ1) is 8.81. The molecule has 2 aliphatic rings. The molecule has 0 saturated heterocycles. The van der Waals surface area contributed by atoms with Crippen LogP contribution >= 0.6 is 0 Å². The average Bonchev–Trinajstić information content (AvgIpc) is 2.86. The predicted molar refractivity (Wildman–Crippen MR) is 85.0 cm³/mol. The standard InChI is InChI=1S/C19H36/c1-8-9-13(4)17-15(6)18(17)16-11-19(7,12(2)3)10-14(16)5/h12-18H,8-11H2,1-7H3. The van der Waals surface area contributed by atoms with Gasteiger partial charge in [0.05, 0.1) is 0 Å². The molecule has 0 radical (unpaired) electrons. The van der Waals surface area contributed by atoms with Gasteiger partial charge in [0, 0.05) is 0 Å². The average molecular weight is 264 g/mol. The van der Waals surface area contributed by atoms with E-state index in [0.29, 0.717) is 5.41 Å². The van der Waals surface area contributed by atoms with E-state index in [4.69, 9.17) is 0 Å². The summed E-state index contributed by atoms with van der Waals surface area (Å²) in [6.07, 6.45) is 5.76.